The Kier molecular flexibility index (Phi) is 7.01. The summed E-state index contributed by atoms with van der Waals surface area (Å²) in [6.07, 6.45) is 5.76. The fraction of sp³-hybridized carbons (Fsp3) is 1.00. The van der Waals surface area contributed by atoms with Crippen LogP contribution in [0.2, 0.25) is 0 Å². The van der Waals surface area contributed by atoms with Crippen LogP contribution in [0.3, 0.4) is 0 Å². The molecule has 1 rings (SSSR count). The quantitative estimate of drug-likeness (QED) is 0.607. The molecule has 1 saturated heterocycles. The Hall–Kier alpha value is -0.120. The van der Waals surface area contributed by atoms with E-state index >= 15 is 0 Å². The standard InChI is InChI=1S/C11H23NO2/c13-8-2-1-6-12-7-3-11-4-9-14-10-5-11/h11-13H,1-10H2. The number of nitrogens with one attached hydrogen (secondary N) is 1. The second-order valence-corrected chi connectivity index (χ2v) is 4.03. The van der Waals surface area contributed by atoms with Crippen LogP contribution in [0.5, 0.6) is 0 Å². The molecule has 2 N–H and O–H groups in total. The van der Waals surface area contributed by atoms with Crippen molar-refractivity contribution in [1.29, 1.82) is 0 Å². The fourth-order valence-corrected chi connectivity index (χ4v) is 1.83. The molecule has 0 unspecified atom stereocenters. The lowest BCUT2D eigenvalue weighted by Crippen LogP contribution is -2.23. The number of hydrogen-bond donors (Lipinski definition) is 2. The maximum absolute atomic E-state index is 8.58. The van der Waals surface area contributed by atoms with E-state index in [2.05, 4.69) is 5.32 Å². The summed E-state index contributed by atoms with van der Waals surface area (Å²) < 4.78 is 5.31. The summed E-state index contributed by atoms with van der Waals surface area (Å²) in [6.45, 7) is 4.39. The van der Waals surface area contributed by atoms with E-state index < -0.39 is 0 Å². The van der Waals surface area contributed by atoms with Gasteiger partial charge in [0, 0.05) is 19.8 Å². The van der Waals surface area contributed by atoms with E-state index in [-0.39, 0.29) is 0 Å². The monoisotopic (exact) mass is 201 g/mol. The molecule has 0 saturated carbocycles. The first-order chi connectivity index (χ1) is 6.93. The van der Waals surface area contributed by atoms with Gasteiger partial charge in [-0.2, -0.15) is 0 Å². The molecule has 1 aliphatic rings. The highest BCUT2D eigenvalue weighted by Crippen LogP contribution is 2.17. The zero-order valence-electron chi connectivity index (χ0n) is 9.00. The summed E-state index contributed by atoms with van der Waals surface area (Å²) in [5, 5.41) is 12.0. The number of aliphatic hydroxyl groups is 1. The van der Waals surface area contributed by atoms with E-state index in [4.69, 9.17) is 9.84 Å². The SMILES string of the molecule is OCCCCNCCC1CCOCC1. The Balaban J connectivity index is 1.82. The van der Waals surface area contributed by atoms with E-state index in [1.54, 1.807) is 0 Å². The van der Waals surface area contributed by atoms with Gasteiger partial charge in [0.25, 0.3) is 0 Å². The van der Waals surface area contributed by atoms with Gasteiger partial charge in [-0.05, 0) is 51.1 Å². The maximum Gasteiger partial charge on any atom is 0.0468 e. The van der Waals surface area contributed by atoms with Crippen molar-refractivity contribution in [2.75, 3.05) is 32.9 Å². The normalized spacial score (nSPS) is 18.6. The first-order valence-electron chi connectivity index (χ1n) is 5.83. The van der Waals surface area contributed by atoms with Gasteiger partial charge in [0.2, 0.25) is 0 Å². The van der Waals surface area contributed by atoms with Crippen molar-refractivity contribution in [2.24, 2.45) is 5.92 Å². The Bertz CT molecular complexity index is 124. The van der Waals surface area contributed by atoms with Gasteiger partial charge >= 0.3 is 0 Å². The average Bonchev–Trinajstić information content (AvgIpc) is 2.25. The second kappa shape index (κ2) is 8.21. The van der Waals surface area contributed by atoms with Crippen LogP contribution in [-0.4, -0.2) is 38.0 Å². The van der Waals surface area contributed by atoms with Crippen LogP contribution in [0.4, 0.5) is 0 Å². The van der Waals surface area contributed by atoms with E-state index in [0.29, 0.717) is 6.61 Å². The van der Waals surface area contributed by atoms with E-state index in [1.165, 1.54) is 19.3 Å². The molecule has 3 heteroatoms. The third kappa shape index (κ3) is 5.58. The highest BCUT2D eigenvalue weighted by atomic mass is 16.5. The Morgan fingerprint density at radius 3 is 2.64 bits per heavy atom. The average molecular weight is 201 g/mol. The van der Waals surface area contributed by atoms with Gasteiger partial charge < -0.3 is 15.2 Å². The van der Waals surface area contributed by atoms with E-state index in [1.807, 2.05) is 0 Å². The maximum atomic E-state index is 8.58. The van der Waals surface area contributed by atoms with Crippen molar-refractivity contribution < 1.29 is 9.84 Å². The molecule has 14 heavy (non-hydrogen) atoms. The summed E-state index contributed by atoms with van der Waals surface area (Å²) in [4.78, 5) is 0. The van der Waals surface area contributed by atoms with Crippen LogP contribution >= 0.6 is 0 Å². The number of aliphatic hydroxyl groups excluding tert-OH is 1. The molecule has 0 aromatic carbocycles. The molecule has 0 aromatic heterocycles. The first kappa shape index (κ1) is 12.0. The van der Waals surface area contributed by atoms with Crippen LogP contribution in [0.1, 0.15) is 32.1 Å². The summed E-state index contributed by atoms with van der Waals surface area (Å²) in [5.74, 6) is 0.870. The van der Waals surface area contributed by atoms with E-state index in [9.17, 15) is 0 Å². The van der Waals surface area contributed by atoms with Crippen molar-refractivity contribution in [1.82, 2.24) is 5.32 Å². The van der Waals surface area contributed by atoms with Gasteiger partial charge in [-0.15, -0.1) is 0 Å². The smallest absolute Gasteiger partial charge is 0.0468 e. The molecule has 0 atom stereocenters. The minimum atomic E-state index is 0.321. The lowest BCUT2D eigenvalue weighted by atomic mass is 9.97. The predicted octanol–water partition coefficient (Wildman–Crippen LogP) is 1.17. The van der Waals surface area contributed by atoms with Gasteiger partial charge in [-0.25, -0.2) is 0 Å². The zero-order chi connectivity index (χ0) is 10.1. The molecule has 1 aliphatic heterocycles. The van der Waals surface area contributed by atoms with Crippen LogP contribution in [-0.2, 0) is 4.74 Å². The van der Waals surface area contributed by atoms with Crippen molar-refractivity contribution in [3.05, 3.63) is 0 Å². The lowest BCUT2D eigenvalue weighted by Gasteiger charge is -2.21. The summed E-state index contributed by atoms with van der Waals surface area (Å²) in [5.41, 5.74) is 0. The predicted molar refractivity (Wildman–Crippen MR) is 57.3 cm³/mol. The molecule has 0 spiro atoms. The first-order valence-corrected chi connectivity index (χ1v) is 5.83. The van der Waals surface area contributed by atoms with Gasteiger partial charge in [0.1, 0.15) is 0 Å². The minimum absolute atomic E-state index is 0.321. The highest BCUT2D eigenvalue weighted by Gasteiger charge is 2.12. The molecule has 0 aliphatic carbocycles. The molecule has 0 amide bonds. The van der Waals surface area contributed by atoms with Crippen LogP contribution in [0, 0.1) is 5.92 Å². The number of unbranched alkanes of at least 4 members (excludes halogenated alkanes) is 1. The third-order valence-electron chi connectivity index (χ3n) is 2.83. The summed E-state index contributed by atoms with van der Waals surface area (Å²) >= 11 is 0. The third-order valence-corrected chi connectivity index (χ3v) is 2.83. The lowest BCUT2D eigenvalue weighted by molar-refractivity contribution is 0.0640. The number of hydrogen-bond acceptors (Lipinski definition) is 3. The molecular formula is C11H23NO2. The Morgan fingerprint density at radius 1 is 1.14 bits per heavy atom. The van der Waals surface area contributed by atoms with Crippen molar-refractivity contribution in [2.45, 2.75) is 32.1 Å². The van der Waals surface area contributed by atoms with Gasteiger partial charge in [-0.3, -0.25) is 0 Å². The summed E-state index contributed by atoms with van der Waals surface area (Å²) in [6, 6.07) is 0. The minimum Gasteiger partial charge on any atom is -0.396 e. The molecule has 1 heterocycles. The molecule has 0 bridgehead atoms. The van der Waals surface area contributed by atoms with Crippen molar-refractivity contribution >= 4 is 0 Å². The van der Waals surface area contributed by atoms with Gasteiger partial charge in [-0.1, -0.05) is 0 Å². The molecule has 84 valence electrons. The highest BCUT2D eigenvalue weighted by molar-refractivity contribution is 4.64. The number of ether oxygens (including phenoxy) is 1. The Morgan fingerprint density at radius 2 is 1.93 bits per heavy atom. The Labute approximate surface area is 86.8 Å². The van der Waals surface area contributed by atoms with Crippen LogP contribution in [0.15, 0.2) is 0 Å². The fourth-order valence-electron chi connectivity index (χ4n) is 1.83. The molecule has 0 radical (unpaired) electrons. The van der Waals surface area contributed by atoms with Crippen LogP contribution in [0.25, 0.3) is 0 Å². The zero-order valence-corrected chi connectivity index (χ0v) is 9.00. The topological polar surface area (TPSA) is 41.5 Å². The summed E-state index contributed by atoms with van der Waals surface area (Å²) in [7, 11) is 0. The molecule has 1 fully saturated rings. The van der Waals surface area contributed by atoms with Gasteiger partial charge in [0.15, 0.2) is 0 Å². The van der Waals surface area contributed by atoms with E-state index in [0.717, 1.165) is 45.1 Å². The van der Waals surface area contributed by atoms with Crippen molar-refractivity contribution in [3.63, 3.8) is 0 Å². The molecule has 3 nitrogen and oxygen atoms in total. The largest absolute Gasteiger partial charge is 0.396 e. The van der Waals surface area contributed by atoms with Crippen LogP contribution < -0.4 is 5.32 Å². The van der Waals surface area contributed by atoms with Crippen molar-refractivity contribution in [3.8, 4) is 0 Å². The van der Waals surface area contributed by atoms with Gasteiger partial charge in [0.05, 0.1) is 0 Å². The molecule has 0 aromatic rings. The number of rotatable bonds is 7. The second-order valence-electron chi connectivity index (χ2n) is 4.03. The molecular weight excluding hydrogens is 178 g/mol.